The molecule has 1 amide bonds. The summed E-state index contributed by atoms with van der Waals surface area (Å²) in [5.74, 6) is 1.50. The maximum atomic E-state index is 12.8. The van der Waals surface area contributed by atoms with Crippen LogP contribution in [0, 0.1) is 17.2 Å². The minimum Gasteiger partial charge on any atom is -0.469 e. The molecule has 1 aliphatic carbocycles. The molecule has 5 heteroatoms. The summed E-state index contributed by atoms with van der Waals surface area (Å²) in [5, 5.41) is 9.31. The predicted octanol–water partition coefficient (Wildman–Crippen LogP) is 2.99. The number of hydrogen-bond acceptors (Lipinski definition) is 4. The van der Waals surface area contributed by atoms with Gasteiger partial charge in [0.2, 0.25) is 5.91 Å². The van der Waals surface area contributed by atoms with Crippen molar-refractivity contribution in [2.24, 2.45) is 5.92 Å². The van der Waals surface area contributed by atoms with Gasteiger partial charge in [-0.2, -0.15) is 5.26 Å². The van der Waals surface area contributed by atoms with Crippen LogP contribution in [-0.4, -0.2) is 37.0 Å². The van der Waals surface area contributed by atoms with E-state index in [9.17, 15) is 10.1 Å². The number of carbonyl (C=O) groups is 1. The summed E-state index contributed by atoms with van der Waals surface area (Å²) < 4.78 is 5.44. The van der Waals surface area contributed by atoms with Crippen LogP contribution in [0.4, 0.5) is 5.69 Å². The van der Waals surface area contributed by atoms with Gasteiger partial charge >= 0.3 is 0 Å². The van der Waals surface area contributed by atoms with Gasteiger partial charge in [-0.15, -0.1) is 0 Å². The topological polar surface area (TPSA) is 60.5 Å². The van der Waals surface area contributed by atoms with Gasteiger partial charge < -0.3 is 14.2 Å². The highest BCUT2D eigenvalue weighted by Gasteiger charge is 2.47. The third kappa shape index (κ3) is 3.12. The Morgan fingerprint density at radius 2 is 2.00 bits per heavy atom. The quantitative estimate of drug-likeness (QED) is 0.865. The fourth-order valence-corrected chi connectivity index (χ4v) is 3.74. The van der Waals surface area contributed by atoms with Gasteiger partial charge in [0.05, 0.1) is 17.5 Å². The fourth-order valence-electron chi connectivity index (χ4n) is 3.74. The van der Waals surface area contributed by atoms with E-state index in [1.807, 2.05) is 41.3 Å². The highest BCUT2D eigenvalue weighted by atomic mass is 16.3. The first-order chi connectivity index (χ1) is 12.3. The van der Waals surface area contributed by atoms with Gasteiger partial charge in [-0.05, 0) is 37.1 Å². The lowest BCUT2D eigenvalue weighted by Gasteiger charge is -2.24. The Hall–Kier alpha value is -2.74. The van der Waals surface area contributed by atoms with E-state index in [1.54, 1.807) is 6.26 Å². The van der Waals surface area contributed by atoms with Gasteiger partial charge in [-0.25, -0.2) is 0 Å². The predicted molar refractivity (Wildman–Crippen MR) is 94.1 cm³/mol. The molecule has 2 atom stereocenters. The molecule has 2 aliphatic rings. The molecule has 0 bridgehead atoms. The number of furan rings is 1. The lowest BCUT2D eigenvalue weighted by Crippen LogP contribution is -2.36. The van der Waals surface area contributed by atoms with Crippen molar-refractivity contribution in [3.05, 3.63) is 54.0 Å². The van der Waals surface area contributed by atoms with E-state index in [0.717, 1.165) is 43.9 Å². The van der Waals surface area contributed by atoms with Crippen LogP contribution < -0.4 is 4.90 Å². The van der Waals surface area contributed by atoms with E-state index >= 15 is 0 Å². The summed E-state index contributed by atoms with van der Waals surface area (Å²) in [6.07, 6.45) is 3.49. The molecule has 2 aromatic rings. The average molecular weight is 335 g/mol. The Morgan fingerprint density at radius 3 is 2.80 bits per heavy atom. The average Bonchev–Trinajstić information content (AvgIpc) is 3.34. The van der Waals surface area contributed by atoms with Gasteiger partial charge in [0, 0.05) is 38.0 Å². The molecule has 25 heavy (non-hydrogen) atoms. The summed E-state index contributed by atoms with van der Waals surface area (Å²) in [5.41, 5.74) is 1.67. The van der Waals surface area contributed by atoms with Gasteiger partial charge in [-0.3, -0.25) is 4.79 Å². The van der Waals surface area contributed by atoms with Crippen molar-refractivity contribution >= 4 is 11.6 Å². The minimum atomic E-state index is 0.0732. The number of para-hydroxylation sites is 1. The zero-order valence-corrected chi connectivity index (χ0v) is 14.1. The summed E-state index contributed by atoms with van der Waals surface area (Å²) in [6, 6.07) is 13.8. The molecule has 1 saturated carbocycles. The molecule has 2 fully saturated rings. The Kier molecular flexibility index (Phi) is 4.19. The Bertz CT molecular complexity index is 794. The maximum absolute atomic E-state index is 12.8. The summed E-state index contributed by atoms with van der Waals surface area (Å²) in [6.45, 7) is 3.13. The van der Waals surface area contributed by atoms with Gasteiger partial charge in [-0.1, -0.05) is 12.1 Å². The maximum Gasteiger partial charge on any atom is 0.226 e. The van der Waals surface area contributed by atoms with Crippen LogP contribution in [0.2, 0.25) is 0 Å². The largest absolute Gasteiger partial charge is 0.469 e. The molecule has 1 aromatic carbocycles. The number of rotatable bonds is 3. The Labute approximate surface area is 147 Å². The molecule has 0 radical (unpaired) electrons. The number of nitrogens with zero attached hydrogens (tertiary/aromatic N) is 3. The molecule has 1 saturated heterocycles. The highest BCUT2D eigenvalue weighted by Crippen LogP contribution is 2.48. The van der Waals surface area contributed by atoms with Crippen molar-refractivity contribution in [2.45, 2.75) is 18.8 Å². The van der Waals surface area contributed by atoms with E-state index in [0.29, 0.717) is 12.1 Å². The summed E-state index contributed by atoms with van der Waals surface area (Å²) >= 11 is 0. The van der Waals surface area contributed by atoms with Crippen LogP contribution in [0.25, 0.3) is 0 Å². The Balaban J connectivity index is 1.40. The number of carbonyl (C=O) groups excluding carboxylic acids is 1. The summed E-state index contributed by atoms with van der Waals surface area (Å²) in [4.78, 5) is 17.0. The van der Waals surface area contributed by atoms with E-state index in [2.05, 4.69) is 11.0 Å². The molecule has 2 unspecified atom stereocenters. The van der Waals surface area contributed by atoms with Crippen LogP contribution in [-0.2, 0) is 4.79 Å². The standard InChI is InChI=1S/C20H21N3O2/c21-14-15-5-1-2-6-18(15)22-8-4-9-23(11-10-22)20(24)17-13-16(17)19-7-3-12-25-19/h1-3,5-7,12,16-17H,4,8-11,13H2. The minimum absolute atomic E-state index is 0.0732. The summed E-state index contributed by atoms with van der Waals surface area (Å²) in [7, 11) is 0. The second kappa shape index (κ2) is 6.64. The normalized spacial score (nSPS) is 23.0. The molecule has 0 spiro atoms. The monoisotopic (exact) mass is 335 g/mol. The first kappa shape index (κ1) is 15.8. The third-order valence-corrected chi connectivity index (χ3v) is 5.19. The zero-order valence-electron chi connectivity index (χ0n) is 14.1. The van der Waals surface area contributed by atoms with Crippen molar-refractivity contribution < 1.29 is 9.21 Å². The van der Waals surface area contributed by atoms with Crippen molar-refractivity contribution in [1.82, 2.24) is 4.90 Å². The SMILES string of the molecule is N#Cc1ccccc1N1CCCN(C(=O)C2CC2c2ccco2)CC1. The first-order valence-electron chi connectivity index (χ1n) is 8.84. The molecule has 5 nitrogen and oxygen atoms in total. The second-order valence-corrected chi connectivity index (χ2v) is 6.76. The van der Waals surface area contributed by atoms with E-state index in [-0.39, 0.29) is 17.7 Å². The zero-order chi connectivity index (χ0) is 17.2. The number of nitriles is 1. The molecular weight excluding hydrogens is 314 g/mol. The number of hydrogen-bond donors (Lipinski definition) is 0. The van der Waals surface area contributed by atoms with E-state index in [4.69, 9.17) is 4.42 Å². The Morgan fingerprint density at radius 1 is 1.12 bits per heavy atom. The first-order valence-corrected chi connectivity index (χ1v) is 8.84. The van der Waals surface area contributed by atoms with Crippen LogP contribution >= 0.6 is 0 Å². The second-order valence-electron chi connectivity index (χ2n) is 6.76. The van der Waals surface area contributed by atoms with E-state index < -0.39 is 0 Å². The highest BCUT2D eigenvalue weighted by molar-refractivity contribution is 5.83. The van der Waals surface area contributed by atoms with Crippen LogP contribution in [0.1, 0.15) is 30.1 Å². The molecule has 0 N–H and O–H groups in total. The molecule has 2 heterocycles. The van der Waals surface area contributed by atoms with Crippen LogP contribution in [0.15, 0.2) is 47.1 Å². The van der Waals surface area contributed by atoms with E-state index in [1.165, 1.54) is 0 Å². The molecule has 1 aromatic heterocycles. The fraction of sp³-hybridized carbons (Fsp3) is 0.400. The molecule has 4 rings (SSSR count). The van der Waals surface area contributed by atoms with Crippen molar-refractivity contribution in [2.75, 3.05) is 31.1 Å². The van der Waals surface area contributed by atoms with Gasteiger partial charge in [0.15, 0.2) is 0 Å². The van der Waals surface area contributed by atoms with Crippen LogP contribution in [0.5, 0.6) is 0 Å². The molecular formula is C20H21N3O2. The van der Waals surface area contributed by atoms with Crippen molar-refractivity contribution in [1.29, 1.82) is 5.26 Å². The van der Waals surface area contributed by atoms with Crippen LogP contribution in [0.3, 0.4) is 0 Å². The lowest BCUT2D eigenvalue weighted by atomic mass is 10.1. The molecule has 1 aliphatic heterocycles. The smallest absolute Gasteiger partial charge is 0.226 e. The molecule has 128 valence electrons. The third-order valence-electron chi connectivity index (χ3n) is 5.19. The van der Waals surface area contributed by atoms with Gasteiger partial charge in [0.25, 0.3) is 0 Å². The number of anilines is 1. The number of amides is 1. The number of benzene rings is 1. The lowest BCUT2D eigenvalue weighted by molar-refractivity contribution is -0.132. The van der Waals surface area contributed by atoms with Gasteiger partial charge in [0.1, 0.15) is 11.8 Å². The van der Waals surface area contributed by atoms with Crippen molar-refractivity contribution in [3.63, 3.8) is 0 Å². The van der Waals surface area contributed by atoms with Crippen molar-refractivity contribution in [3.8, 4) is 6.07 Å².